The van der Waals surface area contributed by atoms with Crippen LogP contribution in [-0.2, 0) is 9.53 Å². The third-order valence-corrected chi connectivity index (χ3v) is 3.40. The van der Waals surface area contributed by atoms with Crippen molar-refractivity contribution in [2.45, 2.75) is 31.7 Å². The first-order valence-corrected chi connectivity index (χ1v) is 4.45. The van der Waals surface area contributed by atoms with Crippen LogP contribution in [0.3, 0.4) is 0 Å². The van der Waals surface area contributed by atoms with E-state index in [0.29, 0.717) is 0 Å². The summed E-state index contributed by atoms with van der Waals surface area (Å²) in [6.07, 6.45) is 4.83. The van der Waals surface area contributed by atoms with Crippen LogP contribution in [0.1, 0.15) is 26.2 Å². The van der Waals surface area contributed by atoms with Gasteiger partial charge in [-0.05, 0) is 19.3 Å². The Balaban J connectivity index is 2.20. The number of ether oxygens (including phenoxy) is 1. The van der Waals surface area contributed by atoms with Gasteiger partial charge in [-0.2, -0.15) is 4.99 Å². The lowest BCUT2D eigenvalue weighted by molar-refractivity contribution is -0.134. The van der Waals surface area contributed by atoms with Crippen LogP contribution in [0.4, 0.5) is 0 Å². The molecule has 0 unspecified atom stereocenters. The zero-order valence-electron chi connectivity index (χ0n) is 7.30. The van der Waals surface area contributed by atoms with Crippen LogP contribution >= 0.6 is 0 Å². The largest absolute Gasteiger partial charge is 0.380 e. The first-order chi connectivity index (χ1) is 5.79. The molecule has 2 fully saturated rings. The summed E-state index contributed by atoms with van der Waals surface area (Å²) in [7, 11) is 0. The van der Waals surface area contributed by atoms with Gasteiger partial charge in [-0.3, -0.25) is 0 Å². The Kier molecular flexibility index (Phi) is 1.60. The number of nitrogens with zero attached hydrogens (tertiary/aromatic N) is 1. The SMILES string of the molecule is CCC1(C2(N=C=O)CC2)COC1. The van der Waals surface area contributed by atoms with E-state index in [2.05, 4.69) is 11.9 Å². The van der Waals surface area contributed by atoms with Crippen molar-refractivity contribution in [3.8, 4) is 0 Å². The molecule has 1 heterocycles. The van der Waals surface area contributed by atoms with Crippen LogP contribution in [0.5, 0.6) is 0 Å². The molecule has 0 aromatic heterocycles. The molecule has 0 aromatic carbocycles. The average molecular weight is 167 g/mol. The molecule has 1 aliphatic carbocycles. The quantitative estimate of drug-likeness (QED) is 0.469. The molecule has 0 amide bonds. The fourth-order valence-corrected chi connectivity index (χ4v) is 2.12. The molecular weight excluding hydrogens is 154 g/mol. The number of rotatable bonds is 3. The summed E-state index contributed by atoms with van der Waals surface area (Å²) in [5, 5.41) is 0. The van der Waals surface area contributed by atoms with Crippen LogP contribution in [0, 0.1) is 5.41 Å². The summed E-state index contributed by atoms with van der Waals surface area (Å²) in [4.78, 5) is 14.2. The van der Waals surface area contributed by atoms with Gasteiger partial charge in [0, 0.05) is 5.41 Å². The highest BCUT2D eigenvalue weighted by molar-refractivity contribution is 5.38. The van der Waals surface area contributed by atoms with Gasteiger partial charge in [0.1, 0.15) is 0 Å². The van der Waals surface area contributed by atoms with E-state index < -0.39 is 0 Å². The van der Waals surface area contributed by atoms with E-state index in [-0.39, 0.29) is 11.0 Å². The molecule has 0 radical (unpaired) electrons. The number of aliphatic imine (C=N–C) groups is 1. The Morgan fingerprint density at radius 3 is 2.42 bits per heavy atom. The molecule has 0 bridgehead atoms. The first kappa shape index (κ1) is 7.96. The van der Waals surface area contributed by atoms with Crippen molar-refractivity contribution in [2.75, 3.05) is 13.2 Å². The van der Waals surface area contributed by atoms with Gasteiger partial charge in [-0.25, -0.2) is 4.79 Å². The summed E-state index contributed by atoms with van der Waals surface area (Å²) in [6.45, 7) is 3.69. The van der Waals surface area contributed by atoms with Crippen molar-refractivity contribution in [1.82, 2.24) is 0 Å². The van der Waals surface area contributed by atoms with E-state index in [4.69, 9.17) is 4.74 Å². The molecule has 0 N–H and O–H groups in total. The number of hydrogen-bond acceptors (Lipinski definition) is 3. The molecule has 1 saturated heterocycles. The number of carbonyl (C=O) groups excluding carboxylic acids is 1. The molecular formula is C9H13NO2. The smallest absolute Gasteiger partial charge is 0.235 e. The van der Waals surface area contributed by atoms with Gasteiger partial charge < -0.3 is 4.74 Å². The van der Waals surface area contributed by atoms with Crippen molar-refractivity contribution in [2.24, 2.45) is 10.4 Å². The molecule has 0 atom stereocenters. The highest BCUT2D eigenvalue weighted by atomic mass is 16.5. The number of isocyanates is 1. The van der Waals surface area contributed by atoms with E-state index in [0.717, 1.165) is 32.5 Å². The Labute approximate surface area is 71.8 Å². The van der Waals surface area contributed by atoms with Crippen molar-refractivity contribution in [3.05, 3.63) is 0 Å². The van der Waals surface area contributed by atoms with Crippen LogP contribution in [0.25, 0.3) is 0 Å². The molecule has 0 aromatic rings. The van der Waals surface area contributed by atoms with Crippen LogP contribution in [-0.4, -0.2) is 24.8 Å². The molecule has 2 aliphatic rings. The highest BCUT2D eigenvalue weighted by Crippen LogP contribution is 2.58. The normalized spacial score (nSPS) is 28.4. The molecule has 3 heteroatoms. The lowest BCUT2D eigenvalue weighted by Crippen LogP contribution is -2.51. The van der Waals surface area contributed by atoms with Gasteiger partial charge in [-0.1, -0.05) is 6.92 Å². The van der Waals surface area contributed by atoms with Gasteiger partial charge in [0.05, 0.1) is 18.8 Å². The van der Waals surface area contributed by atoms with Crippen LogP contribution in [0.2, 0.25) is 0 Å². The summed E-state index contributed by atoms with van der Waals surface area (Å²) >= 11 is 0. The second kappa shape index (κ2) is 2.41. The summed E-state index contributed by atoms with van der Waals surface area (Å²) < 4.78 is 5.21. The maximum atomic E-state index is 10.2. The third-order valence-electron chi connectivity index (χ3n) is 3.40. The minimum Gasteiger partial charge on any atom is -0.380 e. The second-order valence-corrected chi connectivity index (χ2v) is 3.86. The fourth-order valence-electron chi connectivity index (χ4n) is 2.12. The monoisotopic (exact) mass is 167 g/mol. The lowest BCUT2D eigenvalue weighted by Gasteiger charge is -2.45. The van der Waals surface area contributed by atoms with E-state index in [1.54, 1.807) is 6.08 Å². The molecule has 66 valence electrons. The van der Waals surface area contributed by atoms with Crippen LogP contribution < -0.4 is 0 Å². The zero-order valence-corrected chi connectivity index (χ0v) is 7.30. The molecule has 1 saturated carbocycles. The minimum atomic E-state index is -0.0816. The standard InChI is InChI=1S/C9H13NO2/c1-2-8(5-12-6-8)9(3-4-9)10-7-11/h2-6H2,1H3. The Bertz CT molecular complexity index is 229. The lowest BCUT2D eigenvalue weighted by atomic mass is 9.74. The van der Waals surface area contributed by atoms with Gasteiger partial charge in [0.25, 0.3) is 0 Å². The predicted molar refractivity (Wildman–Crippen MR) is 43.6 cm³/mol. The van der Waals surface area contributed by atoms with Gasteiger partial charge in [0.2, 0.25) is 6.08 Å². The summed E-state index contributed by atoms with van der Waals surface area (Å²) in [6, 6.07) is 0. The van der Waals surface area contributed by atoms with E-state index in [1.165, 1.54) is 0 Å². The maximum Gasteiger partial charge on any atom is 0.235 e. The summed E-state index contributed by atoms with van der Waals surface area (Å²) in [5.74, 6) is 0. The van der Waals surface area contributed by atoms with E-state index in [9.17, 15) is 4.79 Å². The van der Waals surface area contributed by atoms with Gasteiger partial charge in [0.15, 0.2) is 0 Å². The van der Waals surface area contributed by atoms with E-state index >= 15 is 0 Å². The molecule has 0 spiro atoms. The second-order valence-electron chi connectivity index (χ2n) is 3.86. The van der Waals surface area contributed by atoms with Crippen molar-refractivity contribution in [3.63, 3.8) is 0 Å². The van der Waals surface area contributed by atoms with Gasteiger partial charge >= 0.3 is 0 Å². The first-order valence-electron chi connectivity index (χ1n) is 4.45. The number of hydrogen-bond donors (Lipinski definition) is 0. The van der Waals surface area contributed by atoms with Crippen molar-refractivity contribution in [1.29, 1.82) is 0 Å². The predicted octanol–water partition coefficient (Wildman–Crippen LogP) is 1.28. The van der Waals surface area contributed by atoms with Gasteiger partial charge in [-0.15, -0.1) is 0 Å². The van der Waals surface area contributed by atoms with Crippen LogP contribution in [0.15, 0.2) is 4.99 Å². The molecule has 1 aliphatic heterocycles. The third kappa shape index (κ3) is 0.809. The summed E-state index contributed by atoms with van der Waals surface area (Å²) in [5.41, 5.74) is 0.0894. The Hall–Kier alpha value is -0.660. The average Bonchev–Trinajstić information content (AvgIpc) is 2.69. The Morgan fingerprint density at radius 2 is 2.17 bits per heavy atom. The zero-order chi connectivity index (χ0) is 8.66. The fraction of sp³-hybridized carbons (Fsp3) is 0.889. The highest BCUT2D eigenvalue weighted by Gasteiger charge is 2.62. The van der Waals surface area contributed by atoms with E-state index in [1.807, 2.05) is 0 Å². The molecule has 12 heavy (non-hydrogen) atoms. The molecule has 2 rings (SSSR count). The topological polar surface area (TPSA) is 38.7 Å². The van der Waals surface area contributed by atoms with Crippen molar-refractivity contribution >= 4 is 6.08 Å². The molecule has 3 nitrogen and oxygen atoms in total. The minimum absolute atomic E-state index is 0.0816. The van der Waals surface area contributed by atoms with Crippen molar-refractivity contribution < 1.29 is 9.53 Å². The Morgan fingerprint density at radius 1 is 1.50 bits per heavy atom. The maximum absolute atomic E-state index is 10.2.